The van der Waals surface area contributed by atoms with Crippen molar-refractivity contribution in [3.8, 4) is 5.75 Å². The van der Waals surface area contributed by atoms with Crippen molar-refractivity contribution >= 4 is 11.6 Å². The zero-order chi connectivity index (χ0) is 14.7. The first-order valence-electron chi connectivity index (χ1n) is 7.50. The number of rotatable bonds is 4. The lowest BCUT2D eigenvalue weighted by Gasteiger charge is -2.18. The average molecular weight is 288 g/mol. The van der Waals surface area contributed by atoms with Gasteiger partial charge in [-0.3, -0.25) is 4.79 Å². The van der Waals surface area contributed by atoms with Crippen molar-refractivity contribution in [2.45, 2.75) is 45.3 Å². The Hall–Kier alpha value is -2.04. The van der Waals surface area contributed by atoms with Crippen LogP contribution in [0, 0.1) is 0 Å². The summed E-state index contributed by atoms with van der Waals surface area (Å²) in [6.07, 6.45) is 3.04. The second-order valence-electron chi connectivity index (χ2n) is 5.42. The number of hydrogen-bond acceptors (Lipinski definition) is 4. The van der Waals surface area contributed by atoms with Gasteiger partial charge in [-0.1, -0.05) is 24.2 Å². The van der Waals surface area contributed by atoms with Crippen LogP contribution in [0.3, 0.4) is 0 Å². The highest BCUT2D eigenvalue weighted by Gasteiger charge is 2.26. The molecule has 1 aromatic rings. The minimum atomic E-state index is -0.471. The van der Waals surface area contributed by atoms with Crippen LogP contribution in [0.1, 0.15) is 37.3 Å². The van der Waals surface area contributed by atoms with E-state index in [9.17, 15) is 4.79 Å². The van der Waals surface area contributed by atoms with Crippen LogP contribution in [0.25, 0.3) is 0 Å². The van der Waals surface area contributed by atoms with Crippen molar-refractivity contribution in [2.75, 3.05) is 6.61 Å². The predicted molar refractivity (Wildman–Crippen MR) is 79.3 cm³/mol. The van der Waals surface area contributed by atoms with Gasteiger partial charge in [-0.2, -0.15) is 0 Å². The quantitative estimate of drug-likeness (QED) is 0.924. The lowest BCUT2D eigenvalue weighted by atomic mass is 10.0. The lowest BCUT2D eigenvalue weighted by molar-refractivity contribution is -0.131. The molecule has 0 unspecified atom stereocenters. The molecule has 0 aliphatic carbocycles. The molecule has 2 heterocycles. The Morgan fingerprint density at radius 2 is 2.38 bits per heavy atom. The second-order valence-corrected chi connectivity index (χ2v) is 5.42. The van der Waals surface area contributed by atoms with E-state index in [2.05, 4.69) is 16.5 Å². The molecule has 1 atom stereocenters. The second kappa shape index (κ2) is 6.16. The molecule has 0 saturated carbocycles. The molecule has 112 valence electrons. The number of fused-ring (bicyclic) bond motifs is 1. The summed E-state index contributed by atoms with van der Waals surface area (Å²) >= 11 is 0. The molecule has 0 bridgehead atoms. The Labute approximate surface area is 124 Å². The van der Waals surface area contributed by atoms with E-state index >= 15 is 0 Å². The van der Waals surface area contributed by atoms with Crippen molar-refractivity contribution in [2.24, 2.45) is 5.16 Å². The number of carbonyl (C=O) groups is 1. The zero-order valence-corrected chi connectivity index (χ0v) is 12.2. The maximum absolute atomic E-state index is 12.0. The largest absolute Gasteiger partial charge is 0.493 e. The summed E-state index contributed by atoms with van der Waals surface area (Å²) in [7, 11) is 0. The van der Waals surface area contributed by atoms with Crippen LogP contribution in [0.4, 0.5) is 0 Å². The van der Waals surface area contributed by atoms with Gasteiger partial charge in [0.05, 0.1) is 12.3 Å². The molecule has 2 aliphatic rings. The Kier molecular flexibility index (Phi) is 4.08. The molecule has 1 amide bonds. The third-order valence-corrected chi connectivity index (χ3v) is 3.87. The van der Waals surface area contributed by atoms with E-state index in [0.717, 1.165) is 42.9 Å². The number of oxime groups is 1. The molecule has 0 saturated heterocycles. The number of hydrogen-bond donors (Lipinski definition) is 1. The summed E-state index contributed by atoms with van der Waals surface area (Å²) in [6, 6.07) is 6.09. The van der Waals surface area contributed by atoms with E-state index in [-0.39, 0.29) is 5.91 Å². The summed E-state index contributed by atoms with van der Waals surface area (Å²) in [6.45, 7) is 3.31. The fourth-order valence-electron chi connectivity index (χ4n) is 2.60. The van der Waals surface area contributed by atoms with Gasteiger partial charge in [0.1, 0.15) is 5.75 Å². The van der Waals surface area contributed by atoms with Crippen LogP contribution in [-0.4, -0.2) is 24.3 Å². The summed E-state index contributed by atoms with van der Waals surface area (Å²) < 4.78 is 5.59. The van der Waals surface area contributed by atoms with Crippen LogP contribution < -0.4 is 10.1 Å². The average Bonchev–Trinajstić information content (AvgIpc) is 3.01. The lowest BCUT2D eigenvalue weighted by Crippen LogP contribution is -2.34. The van der Waals surface area contributed by atoms with Gasteiger partial charge in [0.25, 0.3) is 5.91 Å². The molecule has 5 nitrogen and oxygen atoms in total. The molecule has 0 radical (unpaired) electrons. The van der Waals surface area contributed by atoms with Crippen LogP contribution in [0.2, 0.25) is 0 Å². The minimum absolute atomic E-state index is 0.101. The van der Waals surface area contributed by atoms with Crippen LogP contribution in [0.5, 0.6) is 5.75 Å². The van der Waals surface area contributed by atoms with Crippen molar-refractivity contribution in [3.63, 3.8) is 0 Å². The number of amides is 1. The number of nitrogens with one attached hydrogen (secondary N) is 1. The first kappa shape index (κ1) is 13.9. The molecule has 0 fully saturated rings. The zero-order valence-electron chi connectivity index (χ0n) is 12.2. The van der Waals surface area contributed by atoms with Crippen molar-refractivity contribution < 1.29 is 14.4 Å². The monoisotopic (exact) mass is 288 g/mol. The Balaban J connectivity index is 1.54. The molecule has 3 rings (SSSR count). The Bertz CT molecular complexity index is 569. The molecular weight excluding hydrogens is 268 g/mol. The third kappa shape index (κ3) is 3.17. The fraction of sp³-hybridized carbons (Fsp3) is 0.500. The van der Waals surface area contributed by atoms with Gasteiger partial charge >= 0.3 is 0 Å². The number of benzene rings is 1. The van der Waals surface area contributed by atoms with Gasteiger partial charge in [0, 0.05) is 13.0 Å². The smallest absolute Gasteiger partial charge is 0.264 e. The summed E-state index contributed by atoms with van der Waals surface area (Å²) in [5, 5.41) is 6.82. The van der Waals surface area contributed by atoms with Crippen molar-refractivity contribution in [1.29, 1.82) is 0 Å². The van der Waals surface area contributed by atoms with E-state index in [1.165, 1.54) is 5.56 Å². The normalized spacial score (nSPS) is 20.0. The summed E-state index contributed by atoms with van der Waals surface area (Å²) in [5.74, 6) is 0.868. The molecule has 1 N–H and O–H groups in total. The van der Waals surface area contributed by atoms with Gasteiger partial charge in [-0.05, 0) is 36.5 Å². The third-order valence-electron chi connectivity index (χ3n) is 3.87. The molecule has 0 aromatic heterocycles. The van der Waals surface area contributed by atoms with E-state index in [1.807, 2.05) is 19.1 Å². The highest BCUT2D eigenvalue weighted by molar-refractivity contribution is 5.92. The molecule has 1 aromatic carbocycles. The highest BCUT2D eigenvalue weighted by Crippen LogP contribution is 2.25. The fourth-order valence-corrected chi connectivity index (χ4v) is 2.60. The summed E-state index contributed by atoms with van der Waals surface area (Å²) in [5.41, 5.74) is 3.25. The molecule has 5 heteroatoms. The number of ether oxygens (including phenoxy) is 1. The standard InChI is InChI=1S/C16H20N2O3/c1-2-13-9-15(21-18-13)16(19)17-10-11-5-6-14-12(8-11)4-3-7-20-14/h5-6,8,15H,2-4,7,9-10H2,1H3,(H,17,19)/t15-/m1/s1. The van der Waals surface area contributed by atoms with Gasteiger partial charge in [-0.25, -0.2) is 0 Å². The molecule has 21 heavy (non-hydrogen) atoms. The highest BCUT2D eigenvalue weighted by atomic mass is 16.6. The van der Waals surface area contributed by atoms with Crippen molar-refractivity contribution in [1.82, 2.24) is 5.32 Å². The van der Waals surface area contributed by atoms with Crippen LogP contribution in [0.15, 0.2) is 23.4 Å². The SMILES string of the molecule is CCC1=NO[C@@H](C(=O)NCc2ccc3c(c2)CCCO3)C1. The van der Waals surface area contributed by atoms with Crippen molar-refractivity contribution in [3.05, 3.63) is 29.3 Å². The first-order valence-corrected chi connectivity index (χ1v) is 7.50. The van der Waals surface area contributed by atoms with E-state index in [4.69, 9.17) is 9.57 Å². The summed E-state index contributed by atoms with van der Waals surface area (Å²) in [4.78, 5) is 17.2. The number of nitrogens with zero attached hydrogens (tertiary/aromatic N) is 1. The topological polar surface area (TPSA) is 59.9 Å². The van der Waals surface area contributed by atoms with Crippen LogP contribution >= 0.6 is 0 Å². The van der Waals surface area contributed by atoms with E-state index in [0.29, 0.717) is 13.0 Å². The molecule has 0 spiro atoms. The first-order chi connectivity index (χ1) is 10.3. The van der Waals surface area contributed by atoms with Gasteiger partial charge in [-0.15, -0.1) is 0 Å². The van der Waals surface area contributed by atoms with Gasteiger partial charge in [0.2, 0.25) is 6.10 Å². The van der Waals surface area contributed by atoms with Gasteiger partial charge in [0.15, 0.2) is 0 Å². The Morgan fingerprint density at radius 1 is 1.48 bits per heavy atom. The molecular formula is C16H20N2O3. The van der Waals surface area contributed by atoms with E-state index < -0.39 is 6.10 Å². The Morgan fingerprint density at radius 3 is 3.19 bits per heavy atom. The number of carbonyl (C=O) groups excluding carboxylic acids is 1. The van der Waals surface area contributed by atoms with Gasteiger partial charge < -0.3 is 14.9 Å². The minimum Gasteiger partial charge on any atom is -0.493 e. The maximum Gasteiger partial charge on any atom is 0.264 e. The van der Waals surface area contributed by atoms with Crippen LogP contribution in [-0.2, 0) is 22.6 Å². The predicted octanol–water partition coefficient (Wildman–Crippen LogP) is 2.18. The molecule has 2 aliphatic heterocycles. The maximum atomic E-state index is 12.0. The van der Waals surface area contributed by atoms with E-state index in [1.54, 1.807) is 0 Å². The number of aryl methyl sites for hydroxylation is 1.